The quantitative estimate of drug-likeness (QED) is 0.799. The summed E-state index contributed by atoms with van der Waals surface area (Å²) in [5.41, 5.74) is 0. The zero-order valence-corrected chi connectivity index (χ0v) is 10.6. The summed E-state index contributed by atoms with van der Waals surface area (Å²) >= 11 is 0. The Balaban J connectivity index is 1.63. The van der Waals surface area contributed by atoms with Crippen LogP contribution in [0, 0.1) is 5.92 Å². The first kappa shape index (κ1) is 12.3. The molecule has 2 atom stereocenters. The Morgan fingerprint density at radius 1 is 1.12 bits per heavy atom. The van der Waals surface area contributed by atoms with Gasteiger partial charge in [-0.2, -0.15) is 0 Å². The van der Waals surface area contributed by atoms with Crippen molar-refractivity contribution in [3.05, 3.63) is 0 Å². The molecule has 1 saturated carbocycles. The third kappa shape index (κ3) is 3.72. The molecule has 0 bridgehead atoms. The maximum Gasteiger partial charge on any atom is 0.0936 e. The first-order chi connectivity index (χ1) is 7.74. The molecule has 2 rings (SSSR count). The van der Waals surface area contributed by atoms with Crippen molar-refractivity contribution in [2.45, 2.75) is 57.8 Å². The highest BCUT2D eigenvalue weighted by Gasteiger charge is 2.22. The standard InChI is InChI=1S/C13H25NO2/c1-10-3-5-12(6-4-10)15-9-13-8-14-7-11(2)16-13/h10-14H,3-9H2,1-2H3. The van der Waals surface area contributed by atoms with Crippen molar-refractivity contribution < 1.29 is 9.47 Å². The summed E-state index contributed by atoms with van der Waals surface area (Å²) in [6.45, 7) is 7.12. The molecule has 0 amide bonds. The van der Waals surface area contributed by atoms with E-state index in [-0.39, 0.29) is 6.10 Å². The van der Waals surface area contributed by atoms with Crippen molar-refractivity contribution in [3.63, 3.8) is 0 Å². The van der Waals surface area contributed by atoms with E-state index < -0.39 is 0 Å². The van der Waals surface area contributed by atoms with Crippen LogP contribution in [0.3, 0.4) is 0 Å². The van der Waals surface area contributed by atoms with E-state index in [1.54, 1.807) is 0 Å². The fourth-order valence-corrected chi connectivity index (χ4v) is 2.61. The minimum atomic E-state index is 0.253. The van der Waals surface area contributed by atoms with E-state index in [1.807, 2.05) is 0 Å². The summed E-state index contributed by atoms with van der Waals surface area (Å²) in [5.74, 6) is 0.896. The summed E-state index contributed by atoms with van der Waals surface area (Å²) < 4.78 is 11.8. The van der Waals surface area contributed by atoms with Crippen LogP contribution < -0.4 is 5.32 Å². The normalized spacial score (nSPS) is 40.9. The van der Waals surface area contributed by atoms with Gasteiger partial charge in [0.05, 0.1) is 24.9 Å². The average Bonchev–Trinajstić information content (AvgIpc) is 2.28. The first-order valence-corrected chi connectivity index (χ1v) is 6.72. The predicted molar refractivity (Wildman–Crippen MR) is 64.6 cm³/mol. The molecule has 1 aliphatic heterocycles. The summed E-state index contributed by atoms with van der Waals surface area (Å²) in [4.78, 5) is 0. The third-order valence-corrected chi connectivity index (χ3v) is 3.71. The lowest BCUT2D eigenvalue weighted by Gasteiger charge is -2.31. The Bertz CT molecular complexity index is 202. The second kappa shape index (κ2) is 5.99. The topological polar surface area (TPSA) is 30.5 Å². The van der Waals surface area contributed by atoms with Crippen LogP contribution in [0.5, 0.6) is 0 Å². The van der Waals surface area contributed by atoms with E-state index in [0.29, 0.717) is 12.2 Å². The number of hydrogen-bond donors (Lipinski definition) is 1. The molecular weight excluding hydrogens is 202 g/mol. The monoisotopic (exact) mass is 227 g/mol. The van der Waals surface area contributed by atoms with Crippen molar-refractivity contribution in [3.8, 4) is 0 Å². The fourth-order valence-electron chi connectivity index (χ4n) is 2.61. The van der Waals surface area contributed by atoms with Crippen LogP contribution in [0.25, 0.3) is 0 Å². The highest BCUT2D eigenvalue weighted by Crippen LogP contribution is 2.25. The van der Waals surface area contributed by atoms with Gasteiger partial charge in [0.2, 0.25) is 0 Å². The van der Waals surface area contributed by atoms with Gasteiger partial charge < -0.3 is 14.8 Å². The minimum Gasteiger partial charge on any atom is -0.375 e. The smallest absolute Gasteiger partial charge is 0.0936 e. The van der Waals surface area contributed by atoms with Gasteiger partial charge >= 0.3 is 0 Å². The number of rotatable bonds is 3. The number of ether oxygens (including phenoxy) is 2. The summed E-state index contributed by atoms with van der Waals surface area (Å²) in [6.07, 6.45) is 6.18. The Morgan fingerprint density at radius 3 is 2.56 bits per heavy atom. The van der Waals surface area contributed by atoms with Gasteiger partial charge in [-0.05, 0) is 38.5 Å². The molecule has 3 heteroatoms. The maximum atomic E-state index is 5.95. The second-order valence-electron chi connectivity index (χ2n) is 5.44. The highest BCUT2D eigenvalue weighted by atomic mass is 16.5. The van der Waals surface area contributed by atoms with Gasteiger partial charge in [0.25, 0.3) is 0 Å². The van der Waals surface area contributed by atoms with E-state index >= 15 is 0 Å². The predicted octanol–water partition coefficient (Wildman–Crippen LogP) is 1.96. The maximum absolute atomic E-state index is 5.95. The van der Waals surface area contributed by atoms with Gasteiger partial charge in [-0.3, -0.25) is 0 Å². The Morgan fingerprint density at radius 2 is 1.88 bits per heavy atom. The molecule has 0 aromatic rings. The van der Waals surface area contributed by atoms with Crippen molar-refractivity contribution in [2.24, 2.45) is 5.92 Å². The van der Waals surface area contributed by atoms with Gasteiger partial charge in [-0.1, -0.05) is 6.92 Å². The summed E-state index contributed by atoms with van der Waals surface area (Å²) in [5, 5.41) is 3.37. The zero-order chi connectivity index (χ0) is 11.4. The van der Waals surface area contributed by atoms with E-state index in [9.17, 15) is 0 Å². The van der Waals surface area contributed by atoms with Crippen molar-refractivity contribution >= 4 is 0 Å². The number of nitrogens with one attached hydrogen (secondary N) is 1. The molecular formula is C13H25NO2. The van der Waals surface area contributed by atoms with Crippen LogP contribution >= 0.6 is 0 Å². The number of morpholine rings is 1. The van der Waals surface area contributed by atoms with Crippen LogP contribution in [0.4, 0.5) is 0 Å². The molecule has 1 aliphatic carbocycles. The zero-order valence-electron chi connectivity index (χ0n) is 10.6. The summed E-state index contributed by atoms with van der Waals surface area (Å²) in [7, 11) is 0. The van der Waals surface area contributed by atoms with E-state index in [1.165, 1.54) is 25.7 Å². The van der Waals surface area contributed by atoms with Crippen LogP contribution in [0.1, 0.15) is 39.5 Å². The van der Waals surface area contributed by atoms with Gasteiger partial charge in [-0.25, -0.2) is 0 Å². The van der Waals surface area contributed by atoms with Crippen LogP contribution in [-0.2, 0) is 9.47 Å². The molecule has 0 radical (unpaired) electrons. The van der Waals surface area contributed by atoms with E-state index in [4.69, 9.17) is 9.47 Å². The highest BCUT2D eigenvalue weighted by molar-refractivity contribution is 4.74. The van der Waals surface area contributed by atoms with Crippen molar-refractivity contribution in [1.82, 2.24) is 5.32 Å². The van der Waals surface area contributed by atoms with Gasteiger partial charge in [0.1, 0.15) is 0 Å². The molecule has 0 spiro atoms. The van der Waals surface area contributed by atoms with Crippen LogP contribution in [-0.4, -0.2) is 38.0 Å². The molecule has 0 aromatic heterocycles. The lowest BCUT2D eigenvalue weighted by molar-refractivity contribution is -0.0912. The van der Waals surface area contributed by atoms with Crippen molar-refractivity contribution in [1.29, 1.82) is 0 Å². The lowest BCUT2D eigenvalue weighted by Crippen LogP contribution is -2.46. The molecule has 2 aliphatic rings. The van der Waals surface area contributed by atoms with Crippen molar-refractivity contribution in [2.75, 3.05) is 19.7 Å². The molecule has 3 nitrogen and oxygen atoms in total. The fraction of sp³-hybridized carbons (Fsp3) is 1.00. The largest absolute Gasteiger partial charge is 0.375 e. The van der Waals surface area contributed by atoms with Gasteiger partial charge in [0.15, 0.2) is 0 Å². The van der Waals surface area contributed by atoms with E-state index in [2.05, 4.69) is 19.2 Å². The SMILES string of the molecule is CC1CCC(OCC2CNCC(C)O2)CC1. The molecule has 16 heavy (non-hydrogen) atoms. The Kier molecular flexibility index (Phi) is 4.62. The first-order valence-electron chi connectivity index (χ1n) is 6.72. The molecule has 0 aromatic carbocycles. The molecule has 1 N–H and O–H groups in total. The average molecular weight is 227 g/mol. The van der Waals surface area contributed by atoms with Gasteiger partial charge in [-0.15, -0.1) is 0 Å². The molecule has 2 unspecified atom stereocenters. The third-order valence-electron chi connectivity index (χ3n) is 3.71. The van der Waals surface area contributed by atoms with Gasteiger partial charge in [0, 0.05) is 13.1 Å². The molecule has 94 valence electrons. The lowest BCUT2D eigenvalue weighted by atomic mass is 9.89. The number of hydrogen-bond acceptors (Lipinski definition) is 3. The second-order valence-corrected chi connectivity index (χ2v) is 5.44. The molecule has 1 heterocycles. The van der Waals surface area contributed by atoms with Crippen LogP contribution in [0.15, 0.2) is 0 Å². The minimum absolute atomic E-state index is 0.253. The summed E-state index contributed by atoms with van der Waals surface area (Å²) in [6, 6.07) is 0. The Labute approximate surface area is 98.9 Å². The molecule has 2 fully saturated rings. The van der Waals surface area contributed by atoms with E-state index in [0.717, 1.165) is 25.6 Å². The Hall–Kier alpha value is -0.120. The van der Waals surface area contributed by atoms with Crippen LogP contribution in [0.2, 0.25) is 0 Å². The molecule has 1 saturated heterocycles.